The Bertz CT molecular complexity index is 208. The first kappa shape index (κ1) is 12.3. The van der Waals surface area contributed by atoms with E-state index in [-0.39, 0.29) is 0 Å². The Morgan fingerprint density at radius 3 is 2.81 bits per heavy atom. The van der Waals surface area contributed by atoms with Crippen LogP contribution >= 0.6 is 0 Å². The van der Waals surface area contributed by atoms with Gasteiger partial charge in [0, 0.05) is 25.6 Å². The molecule has 3 nitrogen and oxygen atoms in total. The van der Waals surface area contributed by atoms with Crippen LogP contribution in [0.4, 0.5) is 0 Å². The fourth-order valence-corrected chi connectivity index (χ4v) is 2.93. The molecule has 1 heterocycles. The van der Waals surface area contributed by atoms with Crippen molar-refractivity contribution >= 4 is 0 Å². The van der Waals surface area contributed by atoms with Crippen molar-refractivity contribution in [2.24, 2.45) is 5.92 Å². The van der Waals surface area contributed by atoms with Crippen LogP contribution in [0.3, 0.4) is 0 Å². The molecule has 0 radical (unpaired) electrons. The Morgan fingerprint density at radius 2 is 2.19 bits per heavy atom. The summed E-state index contributed by atoms with van der Waals surface area (Å²) >= 11 is 0. The topological polar surface area (TPSA) is 41.5 Å². The SMILES string of the molecule is CC(CC1CCCC1)NCC1(O)CCOC1. The van der Waals surface area contributed by atoms with E-state index in [0.717, 1.165) is 12.3 Å². The largest absolute Gasteiger partial charge is 0.386 e. The fraction of sp³-hybridized carbons (Fsp3) is 1.00. The van der Waals surface area contributed by atoms with Crippen molar-refractivity contribution < 1.29 is 9.84 Å². The van der Waals surface area contributed by atoms with Gasteiger partial charge in [-0.3, -0.25) is 0 Å². The summed E-state index contributed by atoms with van der Waals surface area (Å²) in [6.07, 6.45) is 7.66. The van der Waals surface area contributed by atoms with Crippen LogP contribution < -0.4 is 5.32 Å². The maximum atomic E-state index is 10.1. The minimum atomic E-state index is -0.607. The van der Waals surface area contributed by atoms with Gasteiger partial charge in [-0.05, 0) is 19.3 Å². The molecule has 0 aromatic rings. The highest BCUT2D eigenvalue weighted by Gasteiger charge is 2.32. The van der Waals surface area contributed by atoms with E-state index in [1.807, 2.05) is 0 Å². The summed E-state index contributed by atoms with van der Waals surface area (Å²) in [6, 6.07) is 0.521. The monoisotopic (exact) mass is 227 g/mol. The van der Waals surface area contributed by atoms with Gasteiger partial charge in [0.15, 0.2) is 0 Å². The lowest BCUT2D eigenvalue weighted by Crippen LogP contribution is -2.44. The van der Waals surface area contributed by atoms with Crippen molar-refractivity contribution in [2.45, 2.75) is 57.1 Å². The molecule has 16 heavy (non-hydrogen) atoms. The molecule has 1 aliphatic heterocycles. The molecule has 1 saturated heterocycles. The van der Waals surface area contributed by atoms with E-state index < -0.39 is 5.60 Å². The van der Waals surface area contributed by atoms with E-state index in [4.69, 9.17) is 4.74 Å². The molecule has 0 spiro atoms. The van der Waals surface area contributed by atoms with Crippen LogP contribution in [0.1, 0.15) is 45.4 Å². The lowest BCUT2D eigenvalue weighted by atomic mass is 9.98. The van der Waals surface area contributed by atoms with Crippen LogP contribution in [0, 0.1) is 5.92 Å². The molecule has 2 unspecified atom stereocenters. The highest BCUT2D eigenvalue weighted by molar-refractivity contribution is 4.86. The summed E-state index contributed by atoms with van der Waals surface area (Å²) in [7, 11) is 0. The normalized spacial score (nSPS) is 33.4. The standard InChI is InChI=1S/C13H25NO2/c1-11(8-12-4-2-3-5-12)14-9-13(15)6-7-16-10-13/h11-12,14-15H,2-10H2,1H3. The number of aliphatic hydroxyl groups is 1. The molecule has 0 aromatic carbocycles. The summed E-state index contributed by atoms with van der Waals surface area (Å²) in [4.78, 5) is 0. The van der Waals surface area contributed by atoms with Crippen molar-refractivity contribution in [1.82, 2.24) is 5.32 Å². The van der Waals surface area contributed by atoms with E-state index in [2.05, 4.69) is 12.2 Å². The summed E-state index contributed by atoms with van der Waals surface area (Å²) in [5, 5.41) is 13.6. The minimum absolute atomic E-state index is 0.496. The zero-order valence-electron chi connectivity index (χ0n) is 10.4. The molecular weight excluding hydrogens is 202 g/mol. The summed E-state index contributed by atoms with van der Waals surface area (Å²) in [6.45, 7) is 4.11. The summed E-state index contributed by atoms with van der Waals surface area (Å²) in [5.41, 5.74) is -0.607. The van der Waals surface area contributed by atoms with Crippen LogP contribution in [0.15, 0.2) is 0 Å². The van der Waals surface area contributed by atoms with E-state index in [9.17, 15) is 5.11 Å². The van der Waals surface area contributed by atoms with Crippen LogP contribution in [0.5, 0.6) is 0 Å². The van der Waals surface area contributed by atoms with E-state index in [1.54, 1.807) is 0 Å². The molecule has 2 atom stereocenters. The molecule has 0 aromatic heterocycles. The molecule has 2 aliphatic rings. The Kier molecular flexibility index (Phi) is 4.22. The number of ether oxygens (including phenoxy) is 1. The maximum Gasteiger partial charge on any atom is 0.102 e. The molecule has 2 N–H and O–H groups in total. The Labute approximate surface area is 98.6 Å². The lowest BCUT2D eigenvalue weighted by Gasteiger charge is -2.25. The third-order valence-corrected chi connectivity index (χ3v) is 4.02. The molecule has 0 amide bonds. The van der Waals surface area contributed by atoms with Crippen LogP contribution in [0.2, 0.25) is 0 Å². The average molecular weight is 227 g/mol. The summed E-state index contributed by atoms with van der Waals surface area (Å²) in [5.74, 6) is 0.914. The van der Waals surface area contributed by atoms with Crippen LogP contribution in [-0.2, 0) is 4.74 Å². The van der Waals surface area contributed by atoms with Crippen molar-refractivity contribution in [2.75, 3.05) is 19.8 Å². The quantitative estimate of drug-likeness (QED) is 0.751. The lowest BCUT2D eigenvalue weighted by molar-refractivity contribution is 0.0246. The predicted molar refractivity (Wildman–Crippen MR) is 64.4 cm³/mol. The van der Waals surface area contributed by atoms with Gasteiger partial charge in [-0.2, -0.15) is 0 Å². The second-order valence-corrected chi connectivity index (χ2v) is 5.70. The average Bonchev–Trinajstić information content (AvgIpc) is 2.88. The number of rotatable bonds is 5. The second-order valence-electron chi connectivity index (χ2n) is 5.70. The molecule has 3 heteroatoms. The van der Waals surface area contributed by atoms with E-state index in [0.29, 0.717) is 25.8 Å². The molecule has 2 fully saturated rings. The minimum Gasteiger partial charge on any atom is -0.386 e. The first-order valence-corrected chi connectivity index (χ1v) is 6.71. The van der Waals surface area contributed by atoms with Gasteiger partial charge < -0.3 is 15.2 Å². The maximum absolute atomic E-state index is 10.1. The highest BCUT2D eigenvalue weighted by Crippen LogP contribution is 2.28. The van der Waals surface area contributed by atoms with Gasteiger partial charge in [-0.25, -0.2) is 0 Å². The number of hydrogen-bond acceptors (Lipinski definition) is 3. The van der Waals surface area contributed by atoms with Gasteiger partial charge in [-0.1, -0.05) is 25.7 Å². The zero-order valence-corrected chi connectivity index (χ0v) is 10.4. The molecule has 0 bridgehead atoms. The van der Waals surface area contributed by atoms with Gasteiger partial charge in [0.05, 0.1) is 6.61 Å². The first-order valence-electron chi connectivity index (χ1n) is 6.71. The van der Waals surface area contributed by atoms with Gasteiger partial charge >= 0.3 is 0 Å². The Hall–Kier alpha value is -0.120. The molecule has 1 saturated carbocycles. The first-order chi connectivity index (χ1) is 7.68. The Balaban J connectivity index is 1.64. The molecule has 1 aliphatic carbocycles. The molecule has 2 rings (SSSR count). The van der Waals surface area contributed by atoms with Gasteiger partial charge in [0.25, 0.3) is 0 Å². The van der Waals surface area contributed by atoms with Crippen molar-refractivity contribution in [3.05, 3.63) is 0 Å². The molecular formula is C13H25NO2. The van der Waals surface area contributed by atoms with Crippen molar-refractivity contribution in [3.8, 4) is 0 Å². The second kappa shape index (κ2) is 5.48. The van der Waals surface area contributed by atoms with Gasteiger partial charge in [-0.15, -0.1) is 0 Å². The third-order valence-electron chi connectivity index (χ3n) is 4.02. The van der Waals surface area contributed by atoms with Crippen LogP contribution in [-0.4, -0.2) is 36.5 Å². The number of hydrogen-bond donors (Lipinski definition) is 2. The van der Waals surface area contributed by atoms with Crippen molar-refractivity contribution in [3.63, 3.8) is 0 Å². The molecule has 94 valence electrons. The van der Waals surface area contributed by atoms with Crippen LogP contribution in [0.25, 0.3) is 0 Å². The third kappa shape index (κ3) is 3.44. The van der Waals surface area contributed by atoms with Gasteiger partial charge in [0.1, 0.15) is 5.60 Å². The smallest absolute Gasteiger partial charge is 0.102 e. The number of nitrogens with one attached hydrogen (secondary N) is 1. The Morgan fingerprint density at radius 1 is 1.44 bits per heavy atom. The van der Waals surface area contributed by atoms with Crippen molar-refractivity contribution in [1.29, 1.82) is 0 Å². The highest BCUT2D eigenvalue weighted by atomic mass is 16.5. The van der Waals surface area contributed by atoms with Gasteiger partial charge in [0.2, 0.25) is 0 Å². The van der Waals surface area contributed by atoms with E-state index in [1.165, 1.54) is 32.1 Å². The van der Waals surface area contributed by atoms with E-state index >= 15 is 0 Å². The predicted octanol–water partition coefficient (Wildman–Crippen LogP) is 1.70. The summed E-state index contributed by atoms with van der Waals surface area (Å²) < 4.78 is 5.24. The zero-order chi connectivity index (χ0) is 11.4. The fourth-order valence-electron chi connectivity index (χ4n) is 2.93.